The monoisotopic (exact) mass is 419 g/mol. The largest absolute Gasteiger partial charge is 0.416 e. The first-order valence-electron chi connectivity index (χ1n) is 8.83. The van der Waals surface area contributed by atoms with Gasteiger partial charge < -0.3 is 9.15 Å². The summed E-state index contributed by atoms with van der Waals surface area (Å²) in [6.45, 7) is 0.900. The zero-order chi connectivity index (χ0) is 19.6. The molecule has 28 heavy (non-hydrogen) atoms. The summed E-state index contributed by atoms with van der Waals surface area (Å²) in [5.41, 5.74) is 1.12. The third-order valence-electron chi connectivity index (χ3n) is 4.45. The zero-order valence-electron chi connectivity index (χ0n) is 14.8. The van der Waals surface area contributed by atoms with E-state index in [0.717, 1.165) is 18.4 Å². The average molecular weight is 420 g/mol. The minimum Gasteiger partial charge on any atom is -0.416 e. The Balaban J connectivity index is 1.59. The van der Waals surface area contributed by atoms with Crippen molar-refractivity contribution < 1.29 is 17.6 Å². The van der Waals surface area contributed by atoms with Gasteiger partial charge in [0.1, 0.15) is 0 Å². The van der Waals surface area contributed by atoms with Crippen LogP contribution in [-0.2, 0) is 14.8 Å². The second-order valence-electron chi connectivity index (χ2n) is 6.41. The lowest BCUT2D eigenvalue weighted by atomic mass is 10.2. The Morgan fingerprint density at radius 2 is 1.89 bits per heavy atom. The first-order chi connectivity index (χ1) is 13.5. The molecule has 2 heterocycles. The molecule has 1 saturated heterocycles. The van der Waals surface area contributed by atoms with Crippen LogP contribution in [0.1, 0.15) is 12.8 Å². The maximum Gasteiger partial charge on any atom is 0.249 e. The van der Waals surface area contributed by atoms with E-state index in [2.05, 4.69) is 14.9 Å². The van der Waals surface area contributed by atoms with Gasteiger partial charge >= 0.3 is 0 Å². The van der Waals surface area contributed by atoms with E-state index in [1.165, 1.54) is 18.2 Å². The SMILES string of the molecule is O=S(=O)(NC[C@@H]1CCCO1)c1ccc(Cl)c(-c2nnc(-c3ccccc3)o2)c1. The quantitative estimate of drug-likeness (QED) is 0.657. The fraction of sp³-hybridized carbons (Fsp3) is 0.263. The van der Waals surface area contributed by atoms with Crippen LogP contribution in [0.4, 0.5) is 0 Å². The average Bonchev–Trinajstić information content (AvgIpc) is 3.39. The Morgan fingerprint density at radius 3 is 2.64 bits per heavy atom. The van der Waals surface area contributed by atoms with Crippen LogP contribution >= 0.6 is 11.6 Å². The van der Waals surface area contributed by atoms with Gasteiger partial charge in [-0.15, -0.1) is 10.2 Å². The van der Waals surface area contributed by atoms with Crippen molar-refractivity contribution in [2.24, 2.45) is 0 Å². The number of nitrogens with one attached hydrogen (secondary N) is 1. The molecule has 1 fully saturated rings. The summed E-state index contributed by atoms with van der Waals surface area (Å²) in [6.07, 6.45) is 1.70. The predicted molar refractivity (Wildman–Crippen MR) is 104 cm³/mol. The minimum absolute atomic E-state index is 0.0735. The van der Waals surface area contributed by atoms with E-state index in [9.17, 15) is 8.42 Å². The van der Waals surface area contributed by atoms with E-state index in [-0.39, 0.29) is 23.4 Å². The second kappa shape index (κ2) is 8.00. The van der Waals surface area contributed by atoms with E-state index >= 15 is 0 Å². The van der Waals surface area contributed by atoms with Crippen molar-refractivity contribution in [1.29, 1.82) is 0 Å². The molecule has 0 bridgehead atoms. The number of hydrogen-bond acceptors (Lipinski definition) is 6. The van der Waals surface area contributed by atoms with Gasteiger partial charge in [0, 0.05) is 18.7 Å². The van der Waals surface area contributed by atoms with Crippen LogP contribution in [0.2, 0.25) is 5.02 Å². The predicted octanol–water partition coefficient (Wildman–Crippen LogP) is 3.51. The van der Waals surface area contributed by atoms with E-state index in [1.807, 2.05) is 30.3 Å². The molecule has 4 rings (SSSR count). The van der Waals surface area contributed by atoms with Gasteiger partial charge in [-0.2, -0.15) is 0 Å². The summed E-state index contributed by atoms with van der Waals surface area (Å²) in [7, 11) is -3.72. The number of halogens is 1. The Kier molecular flexibility index (Phi) is 5.45. The van der Waals surface area contributed by atoms with Crippen molar-refractivity contribution in [3.05, 3.63) is 53.6 Å². The van der Waals surface area contributed by atoms with Gasteiger partial charge in [0.15, 0.2) is 0 Å². The van der Waals surface area contributed by atoms with E-state index in [1.54, 1.807) is 0 Å². The van der Waals surface area contributed by atoms with Crippen LogP contribution in [0.25, 0.3) is 22.9 Å². The fourth-order valence-corrected chi connectivity index (χ4v) is 4.25. The van der Waals surface area contributed by atoms with Gasteiger partial charge in [0.25, 0.3) is 0 Å². The fourth-order valence-electron chi connectivity index (χ4n) is 2.96. The molecule has 1 aliphatic rings. The van der Waals surface area contributed by atoms with Crippen LogP contribution in [0.3, 0.4) is 0 Å². The number of hydrogen-bond donors (Lipinski definition) is 1. The van der Waals surface area contributed by atoms with Gasteiger partial charge in [-0.3, -0.25) is 0 Å². The van der Waals surface area contributed by atoms with Crippen molar-refractivity contribution in [3.8, 4) is 22.9 Å². The molecule has 146 valence electrons. The maximum atomic E-state index is 12.6. The summed E-state index contributed by atoms with van der Waals surface area (Å²) in [5, 5.41) is 8.37. The topological polar surface area (TPSA) is 94.3 Å². The standard InChI is InChI=1S/C19H18ClN3O4S/c20-17-9-8-15(28(24,25)21-12-14-7-4-10-26-14)11-16(17)19-23-22-18(27-19)13-5-2-1-3-6-13/h1-3,5-6,8-9,11,14,21H,4,7,10,12H2/t14-/m0/s1. The third-order valence-corrected chi connectivity index (χ3v) is 6.20. The molecule has 1 N–H and O–H groups in total. The van der Waals surface area contributed by atoms with Crippen molar-refractivity contribution in [2.75, 3.05) is 13.2 Å². The Hall–Kier alpha value is -2.26. The van der Waals surface area contributed by atoms with Crippen LogP contribution in [0.5, 0.6) is 0 Å². The molecule has 0 spiro atoms. The summed E-state index contributed by atoms with van der Waals surface area (Å²) in [4.78, 5) is 0.0735. The Labute approximate surface area is 167 Å². The van der Waals surface area contributed by atoms with Crippen LogP contribution in [0, 0.1) is 0 Å². The highest BCUT2D eigenvalue weighted by atomic mass is 35.5. The van der Waals surface area contributed by atoms with Gasteiger partial charge in [-0.1, -0.05) is 29.8 Å². The second-order valence-corrected chi connectivity index (χ2v) is 8.58. The van der Waals surface area contributed by atoms with Crippen molar-refractivity contribution >= 4 is 21.6 Å². The van der Waals surface area contributed by atoms with Gasteiger partial charge in [-0.05, 0) is 43.2 Å². The number of aromatic nitrogens is 2. The molecule has 1 aromatic heterocycles. The van der Waals surface area contributed by atoms with Gasteiger partial charge in [-0.25, -0.2) is 13.1 Å². The first-order valence-corrected chi connectivity index (χ1v) is 10.7. The highest BCUT2D eigenvalue weighted by Crippen LogP contribution is 2.31. The molecule has 2 aromatic carbocycles. The maximum absolute atomic E-state index is 12.6. The normalized spacial score (nSPS) is 17.1. The molecule has 1 aliphatic heterocycles. The number of sulfonamides is 1. The van der Waals surface area contributed by atoms with Crippen molar-refractivity contribution in [3.63, 3.8) is 0 Å². The number of ether oxygens (including phenoxy) is 1. The summed E-state index contributed by atoms with van der Waals surface area (Å²) < 4.78 is 39.0. The minimum atomic E-state index is -3.72. The van der Waals surface area contributed by atoms with Crippen LogP contribution < -0.4 is 4.72 Å². The van der Waals surface area contributed by atoms with Crippen LogP contribution in [-0.4, -0.2) is 37.9 Å². The molecule has 1 atom stereocenters. The van der Waals surface area contributed by atoms with Crippen molar-refractivity contribution in [2.45, 2.75) is 23.8 Å². The first kappa shape index (κ1) is 19.1. The van der Waals surface area contributed by atoms with E-state index in [4.69, 9.17) is 20.8 Å². The molecule has 0 aliphatic carbocycles. The smallest absolute Gasteiger partial charge is 0.249 e. The molecule has 0 saturated carbocycles. The number of rotatable bonds is 6. The summed E-state index contributed by atoms with van der Waals surface area (Å²) in [6, 6.07) is 13.7. The molecule has 0 radical (unpaired) electrons. The van der Waals surface area contributed by atoms with E-state index in [0.29, 0.717) is 23.1 Å². The molecular formula is C19H18ClN3O4S. The van der Waals surface area contributed by atoms with Gasteiger partial charge in [0.05, 0.1) is 21.6 Å². The lowest BCUT2D eigenvalue weighted by Crippen LogP contribution is -2.31. The Morgan fingerprint density at radius 1 is 1.11 bits per heavy atom. The Bertz CT molecular complexity index is 1060. The third kappa shape index (κ3) is 4.10. The molecule has 0 unspecified atom stereocenters. The summed E-state index contributed by atoms with van der Waals surface area (Å²) >= 11 is 6.25. The number of nitrogens with zero attached hydrogens (tertiary/aromatic N) is 2. The molecule has 9 heteroatoms. The zero-order valence-corrected chi connectivity index (χ0v) is 16.4. The number of benzene rings is 2. The van der Waals surface area contributed by atoms with Crippen LogP contribution in [0.15, 0.2) is 57.8 Å². The lowest BCUT2D eigenvalue weighted by Gasteiger charge is -2.12. The highest BCUT2D eigenvalue weighted by molar-refractivity contribution is 7.89. The molecular weight excluding hydrogens is 402 g/mol. The summed E-state index contributed by atoms with van der Waals surface area (Å²) in [5.74, 6) is 0.483. The lowest BCUT2D eigenvalue weighted by molar-refractivity contribution is 0.114. The molecule has 3 aromatic rings. The highest BCUT2D eigenvalue weighted by Gasteiger charge is 2.22. The van der Waals surface area contributed by atoms with Gasteiger partial charge in [0.2, 0.25) is 21.8 Å². The molecule has 7 nitrogen and oxygen atoms in total. The van der Waals surface area contributed by atoms with E-state index < -0.39 is 10.0 Å². The van der Waals surface area contributed by atoms with Crippen molar-refractivity contribution in [1.82, 2.24) is 14.9 Å². The molecule has 0 amide bonds.